The van der Waals surface area contributed by atoms with Crippen LogP contribution in [0.1, 0.15) is 26.7 Å². The summed E-state index contributed by atoms with van der Waals surface area (Å²) in [6.07, 6.45) is 1.38. The second-order valence-electron chi connectivity index (χ2n) is 6.12. The van der Waals surface area contributed by atoms with Gasteiger partial charge in [-0.15, -0.1) is 0 Å². The lowest BCUT2D eigenvalue weighted by molar-refractivity contribution is 0.134. The monoisotopic (exact) mass is 370 g/mol. The van der Waals surface area contributed by atoms with Crippen LogP contribution in [0.3, 0.4) is 0 Å². The van der Waals surface area contributed by atoms with Crippen molar-refractivity contribution < 1.29 is 17.9 Å². The van der Waals surface area contributed by atoms with Crippen LogP contribution in [0.2, 0.25) is 0 Å². The first-order chi connectivity index (χ1) is 11.4. The number of rotatable bonds is 5. The lowest BCUT2D eigenvalue weighted by atomic mass is 10.1. The van der Waals surface area contributed by atoms with E-state index in [0.29, 0.717) is 31.1 Å². The third kappa shape index (κ3) is 3.50. The summed E-state index contributed by atoms with van der Waals surface area (Å²) in [5.41, 5.74) is 0.856. The van der Waals surface area contributed by atoms with E-state index >= 15 is 0 Å². The molecular weight excluding hydrogens is 348 g/mol. The van der Waals surface area contributed by atoms with Crippen molar-refractivity contribution in [1.82, 2.24) is 9.29 Å². The van der Waals surface area contributed by atoms with E-state index in [2.05, 4.69) is 4.98 Å². The van der Waals surface area contributed by atoms with E-state index in [-0.39, 0.29) is 11.4 Å². The minimum absolute atomic E-state index is 0.00562. The molecule has 1 aliphatic rings. The van der Waals surface area contributed by atoms with Crippen molar-refractivity contribution >= 4 is 31.6 Å². The van der Waals surface area contributed by atoms with Crippen molar-refractivity contribution in [2.24, 2.45) is 0 Å². The summed E-state index contributed by atoms with van der Waals surface area (Å²) in [7, 11) is -1.54. The molecule has 2 aromatic rings. The third-order valence-electron chi connectivity index (χ3n) is 4.20. The number of thiazole rings is 1. The maximum absolute atomic E-state index is 12.2. The molecule has 2 heterocycles. The lowest BCUT2D eigenvalue weighted by Gasteiger charge is -2.31. The summed E-state index contributed by atoms with van der Waals surface area (Å²) in [6, 6.07) is 5.76. The van der Waals surface area contributed by atoms with Crippen molar-refractivity contribution in [1.29, 1.82) is 0 Å². The summed E-state index contributed by atoms with van der Waals surface area (Å²) in [6.45, 7) is 4.44. The van der Waals surface area contributed by atoms with Crippen LogP contribution in [0.4, 0.5) is 0 Å². The molecule has 3 rings (SSSR count). The van der Waals surface area contributed by atoms with Crippen LogP contribution in [0.5, 0.6) is 10.9 Å². The van der Waals surface area contributed by atoms with E-state index in [4.69, 9.17) is 9.47 Å². The number of hydrogen-bond donors (Lipinski definition) is 0. The third-order valence-corrected chi connectivity index (χ3v) is 7.40. The first-order valence-corrected chi connectivity index (χ1v) is 10.3. The molecule has 0 radical (unpaired) electrons. The smallest absolute Gasteiger partial charge is 0.274 e. The lowest BCUT2D eigenvalue weighted by Crippen LogP contribution is -2.44. The van der Waals surface area contributed by atoms with E-state index in [1.54, 1.807) is 25.3 Å². The number of piperidine rings is 1. The fourth-order valence-corrected chi connectivity index (χ4v) is 4.89. The summed E-state index contributed by atoms with van der Waals surface area (Å²) >= 11 is 1.50. The molecule has 8 heteroatoms. The van der Waals surface area contributed by atoms with Crippen molar-refractivity contribution in [3.8, 4) is 10.9 Å². The quantitative estimate of drug-likeness (QED) is 0.809. The molecule has 1 aliphatic heterocycles. The summed E-state index contributed by atoms with van der Waals surface area (Å²) in [5, 5.41) is 0.248. The Kier molecular flexibility index (Phi) is 4.98. The van der Waals surface area contributed by atoms with Gasteiger partial charge in [0, 0.05) is 19.2 Å². The Morgan fingerprint density at radius 3 is 2.62 bits per heavy atom. The number of ether oxygens (including phenoxy) is 2. The fourth-order valence-electron chi connectivity index (χ4n) is 2.71. The predicted molar refractivity (Wildman–Crippen MR) is 95.5 cm³/mol. The second kappa shape index (κ2) is 6.85. The van der Waals surface area contributed by atoms with Crippen molar-refractivity contribution in [2.75, 3.05) is 20.2 Å². The van der Waals surface area contributed by atoms with Gasteiger partial charge in [0.2, 0.25) is 10.0 Å². The number of nitrogens with zero attached hydrogens (tertiary/aromatic N) is 2. The normalized spacial score (nSPS) is 17.5. The Labute approximate surface area is 146 Å². The van der Waals surface area contributed by atoms with Gasteiger partial charge in [0.05, 0.1) is 22.6 Å². The molecule has 0 atom stereocenters. The topological polar surface area (TPSA) is 68.7 Å². The van der Waals surface area contributed by atoms with E-state index < -0.39 is 10.0 Å². The summed E-state index contributed by atoms with van der Waals surface area (Å²) in [5.74, 6) is 0.770. The Balaban J connectivity index is 1.64. The number of sulfonamides is 1. The second-order valence-corrected chi connectivity index (χ2v) is 9.61. The maximum atomic E-state index is 12.2. The predicted octanol–water partition coefficient (Wildman–Crippen LogP) is 2.89. The Morgan fingerprint density at radius 2 is 2.00 bits per heavy atom. The zero-order chi connectivity index (χ0) is 17.3. The van der Waals surface area contributed by atoms with E-state index in [1.165, 1.54) is 11.3 Å². The Bertz CT molecular complexity index is 809. The van der Waals surface area contributed by atoms with Crippen LogP contribution in [-0.2, 0) is 10.0 Å². The number of hydrogen-bond acceptors (Lipinski definition) is 6. The molecule has 0 amide bonds. The van der Waals surface area contributed by atoms with Gasteiger partial charge >= 0.3 is 0 Å². The van der Waals surface area contributed by atoms with Crippen LogP contribution in [0.15, 0.2) is 18.2 Å². The highest BCUT2D eigenvalue weighted by Gasteiger charge is 2.31. The first kappa shape index (κ1) is 17.4. The largest absolute Gasteiger partial charge is 0.497 e. The van der Waals surface area contributed by atoms with Crippen LogP contribution >= 0.6 is 11.3 Å². The van der Waals surface area contributed by atoms with E-state index in [0.717, 1.165) is 16.0 Å². The van der Waals surface area contributed by atoms with Crippen molar-refractivity contribution in [3.63, 3.8) is 0 Å². The highest BCUT2D eigenvalue weighted by Crippen LogP contribution is 2.32. The standard InChI is InChI=1S/C16H22N2O4S2/c1-11(2)24(19,20)18-8-6-12(7-9-18)22-16-17-14-10-13(21-3)4-5-15(14)23-16/h4-5,10-12H,6-9H2,1-3H3. The Morgan fingerprint density at radius 1 is 1.29 bits per heavy atom. The van der Waals surface area contributed by atoms with Crippen LogP contribution in [0, 0.1) is 0 Å². The molecule has 1 aromatic carbocycles. The number of methoxy groups -OCH3 is 1. The zero-order valence-electron chi connectivity index (χ0n) is 14.1. The molecule has 0 aliphatic carbocycles. The average molecular weight is 370 g/mol. The molecule has 0 N–H and O–H groups in total. The van der Waals surface area contributed by atoms with Crippen LogP contribution < -0.4 is 9.47 Å². The van der Waals surface area contributed by atoms with Crippen molar-refractivity contribution in [3.05, 3.63) is 18.2 Å². The summed E-state index contributed by atoms with van der Waals surface area (Å²) in [4.78, 5) is 4.50. The van der Waals surface area contributed by atoms with Gasteiger partial charge in [0.1, 0.15) is 11.9 Å². The molecule has 0 spiro atoms. The molecular formula is C16H22N2O4S2. The minimum atomic E-state index is -3.17. The maximum Gasteiger partial charge on any atom is 0.274 e. The molecule has 1 aromatic heterocycles. The molecule has 24 heavy (non-hydrogen) atoms. The van der Waals surface area contributed by atoms with E-state index in [9.17, 15) is 8.42 Å². The molecule has 132 valence electrons. The highest BCUT2D eigenvalue weighted by molar-refractivity contribution is 7.89. The number of aromatic nitrogens is 1. The highest BCUT2D eigenvalue weighted by atomic mass is 32.2. The fraction of sp³-hybridized carbons (Fsp3) is 0.562. The average Bonchev–Trinajstić information content (AvgIpc) is 2.96. The van der Waals surface area contributed by atoms with Gasteiger partial charge in [-0.3, -0.25) is 0 Å². The van der Waals surface area contributed by atoms with E-state index in [1.807, 2.05) is 18.2 Å². The summed E-state index contributed by atoms with van der Waals surface area (Å²) < 4.78 is 38.2. The molecule has 6 nitrogen and oxygen atoms in total. The molecule has 1 saturated heterocycles. The number of benzene rings is 1. The van der Waals surface area contributed by atoms with Gasteiger partial charge in [-0.2, -0.15) is 0 Å². The van der Waals surface area contributed by atoms with Gasteiger partial charge in [0.15, 0.2) is 0 Å². The van der Waals surface area contributed by atoms with Gasteiger partial charge in [0.25, 0.3) is 5.19 Å². The van der Waals surface area contributed by atoms with Crippen LogP contribution in [-0.4, -0.2) is 49.3 Å². The zero-order valence-corrected chi connectivity index (χ0v) is 15.7. The number of fused-ring (bicyclic) bond motifs is 1. The molecule has 0 bridgehead atoms. The van der Waals surface area contributed by atoms with Crippen LogP contribution in [0.25, 0.3) is 10.2 Å². The molecule has 1 fully saturated rings. The molecule has 0 saturated carbocycles. The Hall–Kier alpha value is -1.38. The van der Waals surface area contributed by atoms with Gasteiger partial charge in [-0.05, 0) is 38.8 Å². The first-order valence-electron chi connectivity index (χ1n) is 8.00. The van der Waals surface area contributed by atoms with Crippen molar-refractivity contribution in [2.45, 2.75) is 38.0 Å². The molecule has 0 unspecified atom stereocenters. The van der Waals surface area contributed by atoms with Gasteiger partial charge < -0.3 is 9.47 Å². The minimum Gasteiger partial charge on any atom is -0.497 e. The van der Waals surface area contributed by atoms with Gasteiger partial charge in [-0.25, -0.2) is 17.7 Å². The van der Waals surface area contributed by atoms with Gasteiger partial charge in [-0.1, -0.05) is 11.3 Å². The SMILES string of the molecule is COc1ccc2sc(OC3CCN(S(=O)(=O)C(C)C)CC3)nc2c1.